The molecule has 0 fully saturated rings. The van der Waals surface area contributed by atoms with E-state index >= 15 is 0 Å². The third-order valence-corrected chi connectivity index (χ3v) is 2.35. The molecule has 1 rings (SSSR count). The zero-order valence-electron chi connectivity index (χ0n) is 9.32. The summed E-state index contributed by atoms with van der Waals surface area (Å²) < 4.78 is 0. The Balaban J connectivity index is 3.24. The molecule has 0 saturated heterocycles. The molecular weight excluding hydrogens is 208 g/mol. The van der Waals surface area contributed by atoms with E-state index in [1.54, 1.807) is 6.92 Å². The summed E-state index contributed by atoms with van der Waals surface area (Å²) in [6.07, 6.45) is 1.11. The zero-order chi connectivity index (χ0) is 12.3. The number of hydrogen-bond acceptors (Lipinski definition) is 4. The van der Waals surface area contributed by atoms with Crippen LogP contribution >= 0.6 is 0 Å². The van der Waals surface area contributed by atoms with Crippen molar-refractivity contribution in [2.75, 3.05) is 5.73 Å². The lowest BCUT2D eigenvalue weighted by molar-refractivity contribution is -0.383. The maximum Gasteiger partial charge on any atom is 0.292 e. The first kappa shape index (κ1) is 12.2. The Labute approximate surface area is 93.4 Å². The van der Waals surface area contributed by atoms with Crippen LogP contribution in [0.2, 0.25) is 0 Å². The number of nitrogens with zero attached hydrogens (tertiary/aromatic N) is 1. The van der Waals surface area contributed by atoms with Crippen LogP contribution in [0.15, 0.2) is 12.1 Å². The van der Waals surface area contributed by atoms with Crippen molar-refractivity contribution in [2.45, 2.75) is 26.7 Å². The second-order valence-electron chi connectivity index (χ2n) is 3.66. The zero-order valence-corrected chi connectivity index (χ0v) is 9.32. The molecule has 0 aliphatic rings. The highest BCUT2D eigenvalue weighted by Crippen LogP contribution is 2.26. The lowest BCUT2D eigenvalue weighted by Gasteiger charge is -2.05. The minimum absolute atomic E-state index is 0.0805. The van der Waals surface area contributed by atoms with Gasteiger partial charge in [-0.25, -0.2) is 0 Å². The monoisotopic (exact) mass is 222 g/mol. The van der Waals surface area contributed by atoms with Gasteiger partial charge >= 0.3 is 0 Å². The third kappa shape index (κ3) is 2.36. The quantitative estimate of drug-likeness (QED) is 0.367. The first-order chi connectivity index (χ1) is 7.47. The van der Waals surface area contributed by atoms with Gasteiger partial charge in [0.2, 0.25) is 0 Å². The van der Waals surface area contributed by atoms with Crippen LogP contribution in [0.3, 0.4) is 0 Å². The van der Waals surface area contributed by atoms with E-state index in [2.05, 4.69) is 0 Å². The Kier molecular flexibility index (Phi) is 3.60. The van der Waals surface area contributed by atoms with Crippen molar-refractivity contribution in [1.29, 1.82) is 0 Å². The summed E-state index contributed by atoms with van der Waals surface area (Å²) in [5.41, 5.74) is 6.48. The van der Waals surface area contributed by atoms with Gasteiger partial charge < -0.3 is 5.73 Å². The average molecular weight is 222 g/mol. The topological polar surface area (TPSA) is 86.2 Å². The van der Waals surface area contributed by atoms with Crippen LogP contribution in [0.4, 0.5) is 11.4 Å². The van der Waals surface area contributed by atoms with E-state index in [4.69, 9.17) is 5.73 Å². The maximum atomic E-state index is 11.7. The summed E-state index contributed by atoms with van der Waals surface area (Å²) in [5.74, 6) is -0.0805. The molecule has 0 aliphatic carbocycles. The first-order valence-electron chi connectivity index (χ1n) is 5.05. The molecule has 0 bridgehead atoms. The molecule has 0 aliphatic heterocycles. The Morgan fingerprint density at radius 1 is 1.50 bits per heavy atom. The van der Waals surface area contributed by atoms with E-state index in [1.807, 2.05) is 6.92 Å². The maximum absolute atomic E-state index is 11.7. The average Bonchev–Trinajstić information content (AvgIpc) is 2.17. The minimum atomic E-state index is -0.572. The van der Waals surface area contributed by atoms with Gasteiger partial charge in [-0.15, -0.1) is 0 Å². The fraction of sp³-hybridized carbons (Fsp3) is 0.364. The predicted octanol–water partition coefficient (Wildman–Crippen LogP) is 2.47. The Bertz CT molecular complexity index is 441. The normalized spacial score (nSPS) is 10.1. The molecular formula is C11H14N2O3. The number of benzene rings is 1. The number of rotatable bonds is 4. The molecule has 0 saturated carbocycles. The van der Waals surface area contributed by atoms with E-state index in [0.29, 0.717) is 17.5 Å². The number of carbonyl (C=O) groups excluding carboxylic acids is 1. The summed E-state index contributed by atoms with van der Waals surface area (Å²) in [6, 6.07) is 2.74. The van der Waals surface area contributed by atoms with E-state index < -0.39 is 4.92 Å². The highest BCUT2D eigenvalue weighted by atomic mass is 16.6. The smallest absolute Gasteiger partial charge is 0.292 e. The second-order valence-corrected chi connectivity index (χ2v) is 3.66. The molecule has 0 spiro atoms. The molecule has 0 atom stereocenters. The van der Waals surface area contributed by atoms with Crippen molar-refractivity contribution in [3.05, 3.63) is 33.4 Å². The molecule has 5 nitrogen and oxygen atoms in total. The molecule has 1 aromatic carbocycles. The van der Waals surface area contributed by atoms with Crippen LogP contribution in [-0.2, 0) is 0 Å². The number of nitro benzene ring substituents is 1. The summed E-state index contributed by atoms with van der Waals surface area (Å²) in [6.45, 7) is 3.61. The van der Waals surface area contributed by atoms with Gasteiger partial charge in [0.05, 0.1) is 4.92 Å². The van der Waals surface area contributed by atoms with Crippen molar-refractivity contribution in [3.8, 4) is 0 Å². The fourth-order valence-corrected chi connectivity index (χ4v) is 1.54. The molecule has 86 valence electrons. The largest absolute Gasteiger partial charge is 0.393 e. The van der Waals surface area contributed by atoms with Crippen molar-refractivity contribution in [2.24, 2.45) is 0 Å². The van der Waals surface area contributed by atoms with Crippen LogP contribution in [0, 0.1) is 17.0 Å². The number of Topliss-reactive ketones (excluding diaryl/α,β-unsaturated/α-hetero) is 1. The van der Waals surface area contributed by atoms with Crippen molar-refractivity contribution >= 4 is 17.2 Å². The fourth-order valence-electron chi connectivity index (χ4n) is 1.54. The van der Waals surface area contributed by atoms with Crippen LogP contribution in [0.5, 0.6) is 0 Å². The Morgan fingerprint density at radius 2 is 2.12 bits per heavy atom. The Hall–Kier alpha value is -1.91. The van der Waals surface area contributed by atoms with Gasteiger partial charge in [-0.1, -0.05) is 6.92 Å². The van der Waals surface area contributed by atoms with Crippen molar-refractivity contribution in [1.82, 2.24) is 0 Å². The summed E-state index contributed by atoms with van der Waals surface area (Å²) in [4.78, 5) is 21.8. The summed E-state index contributed by atoms with van der Waals surface area (Å²) in [7, 11) is 0. The van der Waals surface area contributed by atoms with E-state index in [9.17, 15) is 14.9 Å². The van der Waals surface area contributed by atoms with Crippen LogP contribution in [0.25, 0.3) is 0 Å². The minimum Gasteiger partial charge on any atom is -0.393 e. The van der Waals surface area contributed by atoms with E-state index in [1.165, 1.54) is 12.1 Å². The predicted molar refractivity (Wildman–Crippen MR) is 61.5 cm³/mol. The van der Waals surface area contributed by atoms with Crippen molar-refractivity contribution < 1.29 is 9.72 Å². The molecule has 2 N–H and O–H groups in total. The number of carbonyl (C=O) groups is 1. The standard InChI is InChI=1S/C11H14N2O3/c1-3-4-11(14)8-6-10(13(15)16)9(12)5-7(8)2/h5-6H,3-4,12H2,1-2H3. The lowest BCUT2D eigenvalue weighted by Crippen LogP contribution is -2.05. The SMILES string of the molecule is CCCC(=O)c1cc([N+](=O)[O-])c(N)cc1C. The van der Waals surface area contributed by atoms with Gasteiger partial charge in [0, 0.05) is 18.1 Å². The van der Waals surface area contributed by atoms with E-state index in [-0.39, 0.29) is 17.2 Å². The molecule has 0 unspecified atom stereocenters. The second kappa shape index (κ2) is 4.74. The highest BCUT2D eigenvalue weighted by molar-refractivity contribution is 5.98. The number of nitrogen functional groups attached to an aromatic ring is 1. The van der Waals surface area contributed by atoms with Gasteiger partial charge in [0.25, 0.3) is 5.69 Å². The van der Waals surface area contributed by atoms with Gasteiger partial charge in [-0.3, -0.25) is 14.9 Å². The number of ketones is 1. The van der Waals surface area contributed by atoms with Gasteiger partial charge in [0.1, 0.15) is 5.69 Å². The van der Waals surface area contributed by atoms with Gasteiger partial charge in [-0.05, 0) is 25.0 Å². The summed E-state index contributed by atoms with van der Waals surface area (Å²) in [5, 5.41) is 10.7. The number of nitro groups is 1. The van der Waals surface area contributed by atoms with Gasteiger partial charge in [-0.2, -0.15) is 0 Å². The molecule has 5 heteroatoms. The lowest BCUT2D eigenvalue weighted by atomic mass is 10.00. The third-order valence-electron chi connectivity index (χ3n) is 2.35. The highest BCUT2D eigenvalue weighted by Gasteiger charge is 2.17. The Morgan fingerprint density at radius 3 is 2.62 bits per heavy atom. The van der Waals surface area contributed by atoms with Crippen LogP contribution in [0.1, 0.15) is 35.7 Å². The van der Waals surface area contributed by atoms with Crippen LogP contribution in [-0.4, -0.2) is 10.7 Å². The molecule has 0 amide bonds. The number of hydrogen-bond donors (Lipinski definition) is 1. The van der Waals surface area contributed by atoms with Crippen molar-refractivity contribution in [3.63, 3.8) is 0 Å². The first-order valence-corrected chi connectivity index (χ1v) is 5.05. The number of anilines is 1. The van der Waals surface area contributed by atoms with Crippen LogP contribution < -0.4 is 5.73 Å². The molecule has 0 heterocycles. The van der Waals surface area contributed by atoms with E-state index in [0.717, 1.165) is 6.42 Å². The molecule has 0 radical (unpaired) electrons. The number of aryl methyl sites for hydroxylation is 1. The number of nitrogens with two attached hydrogens (primary N) is 1. The summed E-state index contributed by atoms with van der Waals surface area (Å²) >= 11 is 0. The molecule has 16 heavy (non-hydrogen) atoms. The van der Waals surface area contributed by atoms with Gasteiger partial charge in [0.15, 0.2) is 5.78 Å². The molecule has 0 aromatic heterocycles. The molecule has 1 aromatic rings.